The minimum Gasteiger partial charge on any atom is -0.374 e. The summed E-state index contributed by atoms with van der Waals surface area (Å²) in [5.41, 5.74) is 1.33. The average molecular weight is 188 g/mol. The van der Waals surface area contributed by atoms with E-state index in [9.17, 15) is 0 Å². The second-order valence-corrected chi connectivity index (χ2v) is 3.54. The molecule has 0 N–H and O–H groups in total. The van der Waals surface area contributed by atoms with E-state index >= 15 is 0 Å². The summed E-state index contributed by atoms with van der Waals surface area (Å²) in [7, 11) is 0. The maximum Gasteiger partial charge on any atom is 0.0367 e. The molecular weight excluding hydrogens is 172 g/mol. The molecule has 0 atom stereocenters. The van der Waals surface area contributed by atoms with Crippen molar-refractivity contribution >= 4 is 5.69 Å². The Kier molecular flexibility index (Phi) is 2.73. The van der Waals surface area contributed by atoms with Gasteiger partial charge in [0.05, 0.1) is 0 Å². The van der Waals surface area contributed by atoms with E-state index in [4.69, 9.17) is 0 Å². The molecule has 1 heterocycles. The first-order valence-corrected chi connectivity index (χ1v) is 5.07. The van der Waals surface area contributed by atoms with Crippen molar-refractivity contribution in [1.29, 1.82) is 0 Å². The van der Waals surface area contributed by atoms with Crippen molar-refractivity contribution in [2.24, 2.45) is 0 Å². The van der Waals surface area contributed by atoms with Gasteiger partial charge in [0.1, 0.15) is 0 Å². The van der Waals surface area contributed by atoms with Crippen LogP contribution in [0.3, 0.4) is 0 Å². The zero-order valence-corrected chi connectivity index (χ0v) is 8.39. The molecular formula is C12H16N2. The third-order valence-corrected chi connectivity index (χ3v) is 2.69. The highest BCUT2D eigenvalue weighted by atomic mass is 15.2. The summed E-state index contributed by atoms with van der Waals surface area (Å²) >= 11 is 0. The molecule has 0 radical (unpaired) electrons. The van der Waals surface area contributed by atoms with E-state index in [1.165, 1.54) is 5.69 Å². The Labute approximate surface area is 85.4 Å². The Morgan fingerprint density at radius 3 is 2.21 bits per heavy atom. The van der Waals surface area contributed by atoms with Crippen LogP contribution < -0.4 is 4.90 Å². The lowest BCUT2D eigenvalue weighted by Crippen LogP contribution is -2.43. The van der Waals surface area contributed by atoms with E-state index in [0.29, 0.717) is 0 Å². The number of rotatable bonds is 2. The van der Waals surface area contributed by atoms with Gasteiger partial charge in [-0.3, -0.25) is 0 Å². The maximum absolute atomic E-state index is 3.79. The largest absolute Gasteiger partial charge is 0.374 e. The Bertz CT molecular complexity index is 286. The number of piperazine rings is 1. The number of nitrogens with zero attached hydrogens (tertiary/aromatic N) is 2. The predicted octanol–water partition coefficient (Wildman–Crippen LogP) is 1.95. The quantitative estimate of drug-likeness (QED) is 0.700. The van der Waals surface area contributed by atoms with Crippen LogP contribution in [0.15, 0.2) is 43.1 Å². The van der Waals surface area contributed by atoms with Crippen LogP contribution in [0.4, 0.5) is 5.69 Å². The molecule has 2 nitrogen and oxygen atoms in total. The minimum absolute atomic E-state index is 1.08. The second-order valence-electron chi connectivity index (χ2n) is 3.54. The second kappa shape index (κ2) is 4.18. The van der Waals surface area contributed by atoms with Gasteiger partial charge < -0.3 is 9.80 Å². The summed E-state index contributed by atoms with van der Waals surface area (Å²) in [6.45, 7) is 8.14. The molecule has 1 aliphatic heterocycles. The monoisotopic (exact) mass is 188 g/mol. The molecule has 1 aromatic rings. The van der Waals surface area contributed by atoms with Gasteiger partial charge in [0.25, 0.3) is 0 Å². The van der Waals surface area contributed by atoms with Crippen molar-refractivity contribution in [3.05, 3.63) is 43.1 Å². The Balaban J connectivity index is 1.99. The lowest BCUT2D eigenvalue weighted by atomic mass is 10.2. The van der Waals surface area contributed by atoms with E-state index in [1.807, 2.05) is 6.20 Å². The van der Waals surface area contributed by atoms with E-state index < -0.39 is 0 Å². The highest BCUT2D eigenvalue weighted by Crippen LogP contribution is 2.15. The molecule has 2 heteroatoms. The minimum atomic E-state index is 1.08. The number of anilines is 1. The van der Waals surface area contributed by atoms with Crippen LogP contribution in [0.5, 0.6) is 0 Å². The van der Waals surface area contributed by atoms with Crippen LogP contribution in [-0.2, 0) is 0 Å². The van der Waals surface area contributed by atoms with Gasteiger partial charge in [-0.2, -0.15) is 0 Å². The predicted molar refractivity (Wildman–Crippen MR) is 60.4 cm³/mol. The molecule has 0 bridgehead atoms. The van der Waals surface area contributed by atoms with E-state index in [2.05, 4.69) is 46.7 Å². The SMILES string of the molecule is C=CN1CCN(c2ccccc2)CC1. The molecule has 1 saturated heterocycles. The Hall–Kier alpha value is -1.44. The molecule has 0 aliphatic carbocycles. The molecule has 74 valence electrons. The van der Waals surface area contributed by atoms with Gasteiger partial charge in [-0.25, -0.2) is 0 Å². The van der Waals surface area contributed by atoms with Gasteiger partial charge in [-0.05, 0) is 18.3 Å². The van der Waals surface area contributed by atoms with Gasteiger partial charge in [-0.1, -0.05) is 24.8 Å². The highest BCUT2D eigenvalue weighted by molar-refractivity contribution is 5.46. The molecule has 0 saturated carbocycles. The molecule has 2 rings (SSSR count). The summed E-state index contributed by atoms with van der Waals surface area (Å²) in [5.74, 6) is 0. The highest BCUT2D eigenvalue weighted by Gasteiger charge is 2.13. The summed E-state index contributed by atoms with van der Waals surface area (Å²) in [6, 6.07) is 10.6. The lowest BCUT2D eigenvalue weighted by Gasteiger charge is -2.35. The third-order valence-electron chi connectivity index (χ3n) is 2.69. The number of para-hydroxylation sites is 1. The average Bonchev–Trinajstić information content (AvgIpc) is 2.30. The number of benzene rings is 1. The van der Waals surface area contributed by atoms with Crippen LogP contribution in [-0.4, -0.2) is 31.1 Å². The number of hydrogen-bond acceptors (Lipinski definition) is 2. The van der Waals surface area contributed by atoms with Crippen LogP contribution in [0, 0.1) is 0 Å². The lowest BCUT2D eigenvalue weighted by molar-refractivity contribution is 0.350. The van der Waals surface area contributed by atoms with Crippen molar-refractivity contribution < 1.29 is 0 Å². The Morgan fingerprint density at radius 2 is 1.64 bits per heavy atom. The molecule has 1 aliphatic rings. The van der Waals surface area contributed by atoms with Gasteiger partial charge in [0.2, 0.25) is 0 Å². The van der Waals surface area contributed by atoms with Crippen LogP contribution >= 0.6 is 0 Å². The maximum atomic E-state index is 3.79. The normalized spacial score (nSPS) is 16.9. The fourth-order valence-electron chi connectivity index (χ4n) is 1.80. The third kappa shape index (κ3) is 1.90. The first-order valence-electron chi connectivity index (χ1n) is 5.07. The van der Waals surface area contributed by atoms with Crippen LogP contribution in [0.2, 0.25) is 0 Å². The first kappa shape index (κ1) is 9.13. The summed E-state index contributed by atoms with van der Waals surface area (Å²) in [5, 5.41) is 0. The van der Waals surface area contributed by atoms with E-state index in [0.717, 1.165) is 26.2 Å². The van der Waals surface area contributed by atoms with E-state index in [-0.39, 0.29) is 0 Å². The van der Waals surface area contributed by atoms with Gasteiger partial charge >= 0.3 is 0 Å². The van der Waals surface area contributed by atoms with Gasteiger partial charge in [-0.15, -0.1) is 0 Å². The molecule has 0 spiro atoms. The summed E-state index contributed by atoms with van der Waals surface area (Å²) in [6.07, 6.45) is 1.93. The van der Waals surface area contributed by atoms with Crippen molar-refractivity contribution in [3.8, 4) is 0 Å². The van der Waals surface area contributed by atoms with Crippen molar-refractivity contribution in [3.63, 3.8) is 0 Å². The van der Waals surface area contributed by atoms with Crippen molar-refractivity contribution in [2.75, 3.05) is 31.1 Å². The first-order chi connectivity index (χ1) is 6.90. The zero-order chi connectivity index (χ0) is 9.80. The zero-order valence-electron chi connectivity index (χ0n) is 8.39. The smallest absolute Gasteiger partial charge is 0.0367 e. The molecule has 14 heavy (non-hydrogen) atoms. The van der Waals surface area contributed by atoms with Gasteiger partial charge in [0.15, 0.2) is 0 Å². The molecule has 0 unspecified atom stereocenters. The molecule has 1 fully saturated rings. The molecule has 0 aromatic heterocycles. The molecule has 1 aromatic carbocycles. The van der Waals surface area contributed by atoms with Crippen molar-refractivity contribution in [2.45, 2.75) is 0 Å². The topological polar surface area (TPSA) is 6.48 Å². The molecule has 0 amide bonds. The summed E-state index contributed by atoms with van der Waals surface area (Å²) in [4.78, 5) is 4.68. The van der Waals surface area contributed by atoms with Crippen LogP contribution in [0.25, 0.3) is 0 Å². The number of hydrogen-bond donors (Lipinski definition) is 0. The van der Waals surface area contributed by atoms with Crippen LogP contribution in [0.1, 0.15) is 0 Å². The fourth-order valence-corrected chi connectivity index (χ4v) is 1.80. The fraction of sp³-hybridized carbons (Fsp3) is 0.333. The van der Waals surface area contributed by atoms with Gasteiger partial charge in [0, 0.05) is 31.9 Å². The van der Waals surface area contributed by atoms with Crippen molar-refractivity contribution in [1.82, 2.24) is 4.90 Å². The standard InChI is InChI=1S/C12H16N2/c1-2-13-8-10-14(11-9-13)12-6-4-3-5-7-12/h2-7H,1,8-11H2. The Morgan fingerprint density at radius 1 is 1.00 bits per heavy atom. The van der Waals surface area contributed by atoms with E-state index in [1.54, 1.807) is 0 Å². The summed E-state index contributed by atoms with van der Waals surface area (Å²) < 4.78 is 0.